The van der Waals surface area contributed by atoms with Crippen molar-refractivity contribution in [1.29, 1.82) is 0 Å². The highest BCUT2D eigenvalue weighted by atomic mass is 32.1. The molecule has 1 aliphatic rings. The Bertz CT molecular complexity index is 441. The normalized spacial score (nSPS) is 27.1. The molecule has 1 fully saturated rings. The predicted octanol–water partition coefficient (Wildman–Crippen LogP) is 3.61. The van der Waals surface area contributed by atoms with Crippen molar-refractivity contribution in [1.82, 2.24) is 10.3 Å². The van der Waals surface area contributed by atoms with E-state index in [1.54, 1.807) is 11.3 Å². The zero-order valence-electron chi connectivity index (χ0n) is 12.9. The van der Waals surface area contributed by atoms with Crippen LogP contribution in [-0.2, 0) is 4.74 Å². The Morgan fingerprint density at radius 1 is 1.47 bits per heavy atom. The standard InChI is InChI=1S/C15H26N2OS/c1-7-18-13-8-12(15(13,5)6)16-9(2)14-10(3)19-11(4)17-14/h9,12-13,16H,7-8H2,1-6H3. The van der Waals surface area contributed by atoms with Gasteiger partial charge in [0.05, 0.1) is 16.8 Å². The quantitative estimate of drug-likeness (QED) is 0.895. The number of nitrogens with zero attached hydrogens (tertiary/aromatic N) is 1. The minimum atomic E-state index is 0.212. The van der Waals surface area contributed by atoms with Crippen LogP contribution in [0.25, 0.3) is 0 Å². The molecule has 0 bridgehead atoms. The van der Waals surface area contributed by atoms with Crippen LogP contribution >= 0.6 is 11.3 Å². The first-order valence-electron chi connectivity index (χ1n) is 7.17. The van der Waals surface area contributed by atoms with E-state index >= 15 is 0 Å². The van der Waals surface area contributed by atoms with E-state index in [2.05, 4.69) is 51.8 Å². The van der Waals surface area contributed by atoms with E-state index in [0.29, 0.717) is 18.2 Å². The van der Waals surface area contributed by atoms with Crippen LogP contribution in [0.2, 0.25) is 0 Å². The molecule has 1 heterocycles. The molecule has 1 aromatic rings. The van der Waals surface area contributed by atoms with Gasteiger partial charge >= 0.3 is 0 Å². The van der Waals surface area contributed by atoms with Gasteiger partial charge in [-0.15, -0.1) is 11.3 Å². The molecule has 1 saturated carbocycles. The van der Waals surface area contributed by atoms with Crippen LogP contribution in [0.1, 0.15) is 55.7 Å². The smallest absolute Gasteiger partial charge is 0.0900 e. The Labute approximate surface area is 120 Å². The van der Waals surface area contributed by atoms with Gasteiger partial charge in [0.15, 0.2) is 0 Å². The molecule has 0 aromatic carbocycles. The van der Waals surface area contributed by atoms with Gasteiger partial charge in [-0.1, -0.05) is 13.8 Å². The van der Waals surface area contributed by atoms with Gasteiger partial charge in [0.2, 0.25) is 0 Å². The van der Waals surface area contributed by atoms with Crippen molar-refractivity contribution >= 4 is 11.3 Å². The minimum absolute atomic E-state index is 0.212. The van der Waals surface area contributed by atoms with Crippen LogP contribution < -0.4 is 5.32 Å². The second kappa shape index (κ2) is 5.51. The summed E-state index contributed by atoms with van der Waals surface area (Å²) in [5.74, 6) is 0. The third-order valence-corrected chi connectivity index (χ3v) is 5.25. The number of nitrogens with one attached hydrogen (secondary N) is 1. The number of aromatic nitrogens is 1. The van der Waals surface area contributed by atoms with Gasteiger partial charge in [0.1, 0.15) is 0 Å². The van der Waals surface area contributed by atoms with Crippen molar-refractivity contribution in [2.45, 2.75) is 66.2 Å². The lowest BCUT2D eigenvalue weighted by Crippen LogP contribution is -2.61. The van der Waals surface area contributed by atoms with E-state index in [0.717, 1.165) is 18.0 Å². The van der Waals surface area contributed by atoms with E-state index in [1.807, 2.05) is 0 Å². The highest BCUT2D eigenvalue weighted by molar-refractivity contribution is 7.11. The van der Waals surface area contributed by atoms with Gasteiger partial charge in [0, 0.05) is 29.0 Å². The number of hydrogen-bond acceptors (Lipinski definition) is 4. The van der Waals surface area contributed by atoms with Gasteiger partial charge in [-0.25, -0.2) is 4.98 Å². The topological polar surface area (TPSA) is 34.1 Å². The molecule has 4 heteroatoms. The average molecular weight is 282 g/mol. The van der Waals surface area contributed by atoms with Crippen molar-refractivity contribution in [2.24, 2.45) is 5.41 Å². The third-order valence-electron chi connectivity index (χ3n) is 4.35. The van der Waals surface area contributed by atoms with Crippen LogP contribution in [0, 0.1) is 19.3 Å². The summed E-state index contributed by atoms with van der Waals surface area (Å²) in [5, 5.41) is 4.88. The van der Waals surface area contributed by atoms with E-state index < -0.39 is 0 Å². The Kier molecular flexibility index (Phi) is 4.33. The first-order valence-corrected chi connectivity index (χ1v) is 7.99. The van der Waals surface area contributed by atoms with E-state index in [-0.39, 0.29) is 5.41 Å². The van der Waals surface area contributed by atoms with E-state index in [4.69, 9.17) is 4.74 Å². The molecular weight excluding hydrogens is 256 g/mol. The van der Waals surface area contributed by atoms with E-state index in [1.165, 1.54) is 10.6 Å². The van der Waals surface area contributed by atoms with Crippen molar-refractivity contribution in [3.63, 3.8) is 0 Å². The zero-order valence-corrected chi connectivity index (χ0v) is 13.7. The zero-order chi connectivity index (χ0) is 14.2. The largest absolute Gasteiger partial charge is 0.378 e. The van der Waals surface area contributed by atoms with Crippen LogP contribution in [-0.4, -0.2) is 23.7 Å². The lowest BCUT2D eigenvalue weighted by molar-refractivity contribution is -0.116. The van der Waals surface area contributed by atoms with Gasteiger partial charge in [-0.3, -0.25) is 0 Å². The molecular formula is C15H26N2OS. The monoisotopic (exact) mass is 282 g/mol. The summed E-state index contributed by atoms with van der Waals surface area (Å²) in [7, 11) is 0. The summed E-state index contributed by atoms with van der Waals surface area (Å²) in [6, 6.07) is 0.831. The van der Waals surface area contributed by atoms with Crippen LogP contribution in [0.4, 0.5) is 0 Å². The Hall–Kier alpha value is -0.450. The van der Waals surface area contributed by atoms with Crippen molar-refractivity contribution in [3.8, 4) is 0 Å². The second-order valence-electron chi connectivity index (χ2n) is 6.12. The fraction of sp³-hybridized carbons (Fsp3) is 0.800. The molecule has 108 valence electrons. The summed E-state index contributed by atoms with van der Waals surface area (Å²) >= 11 is 1.78. The Morgan fingerprint density at radius 2 is 2.16 bits per heavy atom. The molecule has 1 aliphatic carbocycles. The van der Waals surface area contributed by atoms with Crippen molar-refractivity contribution in [3.05, 3.63) is 15.6 Å². The van der Waals surface area contributed by atoms with Gasteiger partial charge in [-0.2, -0.15) is 0 Å². The molecule has 19 heavy (non-hydrogen) atoms. The summed E-state index contributed by atoms with van der Waals surface area (Å²) < 4.78 is 5.78. The fourth-order valence-electron chi connectivity index (χ4n) is 2.98. The van der Waals surface area contributed by atoms with Crippen LogP contribution in [0.3, 0.4) is 0 Å². The average Bonchev–Trinajstić information content (AvgIpc) is 2.67. The number of rotatable bonds is 5. The summed E-state index contributed by atoms with van der Waals surface area (Å²) in [4.78, 5) is 5.98. The Morgan fingerprint density at radius 3 is 2.63 bits per heavy atom. The van der Waals surface area contributed by atoms with E-state index in [9.17, 15) is 0 Å². The molecule has 3 nitrogen and oxygen atoms in total. The van der Waals surface area contributed by atoms with Gasteiger partial charge < -0.3 is 10.1 Å². The molecule has 1 aromatic heterocycles. The maximum Gasteiger partial charge on any atom is 0.0900 e. The molecule has 2 rings (SSSR count). The highest BCUT2D eigenvalue weighted by Gasteiger charge is 2.49. The number of ether oxygens (including phenoxy) is 1. The van der Waals surface area contributed by atoms with Crippen molar-refractivity contribution in [2.75, 3.05) is 6.61 Å². The number of aryl methyl sites for hydroxylation is 2. The summed E-state index contributed by atoms with van der Waals surface area (Å²) in [6.45, 7) is 13.9. The SMILES string of the molecule is CCOC1CC(NC(C)c2nc(C)sc2C)C1(C)C. The predicted molar refractivity (Wildman–Crippen MR) is 80.7 cm³/mol. The van der Waals surface area contributed by atoms with Crippen LogP contribution in [0.5, 0.6) is 0 Å². The first kappa shape index (κ1) is 14.9. The maximum atomic E-state index is 5.78. The lowest BCUT2D eigenvalue weighted by atomic mass is 9.64. The highest BCUT2D eigenvalue weighted by Crippen LogP contribution is 2.43. The van der Waals surface area contributed by atoms with Gasteiger partial charge in [0.25, 0.3) is 0 Å². The summed E-state index contributed by atoms with van der Waals surface area (Å²) in [6.07, 6.45) is 1.49. The fourth-order valence-corrected chi connectivity index (χ4v) is 3.89. The van der Waals surface area contributed by atoms with Crippen LogP contribution in [0.15, 0.2) is 0 Å². The molecule has 3 atom stereocenters. The molecule has 0 saturated heterocycles. The molecule has 3 unspecified atom stereocenters. The van der Waals surface area contributed by atoms with Gasteiger partial charge in [-0.05, 0) is 34.1 Å². The minimum Gasteiger partial charge on any atom is -0.378 e. The molecule has 0 aliphatic heterocycles. The lowest BCUT2D eigenvalue weighted by Gasteiger charge is -2.52. The Balaban J connectivity index is 1.97. The van der Waals surface area contributed by atoms with Crippen molar-refractivity contribution < 1.29 is 4.74 Å². The first-order chi connectivity index (χ1) is 8.86. The number of hydrogen-bond donors (Lipinski definition) is 1. The second-order valence-corrected chi connectivity index (χ2v) is 7.52. The summed E-state index contributed by atoms with van der Waals surface area (Å²) in [5.41, 5.74) is 1.42. The molecule has 0 radical (unpaired) electrons. The third kappa shape index (κ3) is 2.86. The maximum absolute atomic E-state index is 5.78. The molecule has 0 spiro atoms. The number of thiazole rings is 1. The molecule has 0 amide bonds. The molecule has 1 N–H and O–H groups in total.